The second-order valence-electron chi connectivity index (χ2n) is 9.43. The number of nitrogens with zero attached hydrogens (tertiary/aromatic N) is 2. The van der Waals surface area contributed by atoms with Gasteiger partial charge in [0.25, 0.3) is 0 Å². The number of hydrogen-bond donors (Lipinski definition) is 2. The van der Waals surface area contributed by atoms with Crippen molar-refractivity contribution in [2.45, 2.75) is 19.4 Å². The van der Waals surface area contributed by atoms with Crippen molar-refractivity contribution in [3.05, 3.63) is 105 Å². The van der Waals surface area contributed by atoms with Crippen LogP contribution >= 0.6 is 0 Å². The molecule has 0 saturated carbocycles. The highest BCUT2D eigenvalue weighted by molar-refractivity contribution is 5.90. The molecule has 2 N–H and O–H groups in total. The molecule has 1 aliphatic rings. The Hall–Kier alpha value is -4.24. The van der Waals surface area contributed by atoms with Gasteiger partial charge in [0.2, 0.25) is 5.91 Å². The van der Waals surface area contributed by atoms with Crippen molar-refractivity contribution < 1.29 is 28.2 Å². The molecule has 0 spiro atoms. The van der Waals surface area contributed by atoms with Crippen LogP contribution in [0.4, 0.5) is 8.78 Å². The molecule has 1 amide bonds. The lowest BCUT2D eigenvalue weighted by molar-refractivity contribution is -0.132. The molecule has 0 radical (unpaired) electrons. The monoisotopic (exact) mass is 520 g/mol. The maximum atomic E-state index is 13.6. The summed E-state index contributed by atoms with van der Waals surface area (Å²) < 4.78 is 32.5. The third kappa shape index (κ3) is 4.97. The van der Waals surface area contributed by atoms with Crippen LogP contribution in [0.1, 0.15) is 28.3 Å². The Labute approximate surface area is 217 Å². The van der Waals surface area contributed by atoms with Crippen molar-refractivity contribution in [1.82, 2.24) is 9.80 Å². The molecule has 2 heterocycles. The summed E-state index contributed by atoms with van der Waals surface area (Å²) in [4.78, 5) is 29.6. The molecule has 5 rings (SSSR count). The largest absolute Gasteiger partial charge is 0.508 e. The lowest BCUT2D eigenvalue weighted by Crippen LogP contribution is -2.50. The molecule has 3 aromatic carbocycles. The number of halogens is 2. The summed E-state index contributed by atoms with van der Waals surface area (Å²) in [6.45, 7) is 3.45. The average molecular weight is 521 g/mol. The molecule has 196 valence electrons. The zero-order chi connectivity index (χ0) is 27.0. The van der Waals surface area contributed by atoms with E-state index in [9.17, 15) is 28.6 Å². The molecule has 0 aliphatic carbocycles. The first-order chi connectivity index (χ1) is 18.2. The number of hydrogen-bond acceptors (Lipinski definition) is 6. The zero-order valence-corrected chi connectivity index (χ0v) is 20.7. The number of aryl methyl sites for hydroxylation is 1. The van der Waals surface area contributed by atoms with Gasteiger partial charge in [-0.15, -0.1) is 0 Å². The molecule has 1 fully saturated rings. The Morgan fingerprint density at radius 1 is 0.921 bits per heavy atom. The van der Waals surface area contributed by atoms with Gasteiger partial charge in [-0.2, -0.15) is 0 Å². The second kappa shape index (κ2) is 10.3. The lowest BCUT2D eigenvalue weighted by Gasteiger charge is -2.40. The lowest BCUT2D eigenvalue weighted by atomic mass is 9.96. The predicted molar refractivity (Wildman–Crippen MR) is 137 cm³/mol. The summed E-state index contributed by atoms with van der Waals surface area (Å²) in [5.74, 6) is -1.42. The van der Waals surface area contributed by atoms with Crippen molar-refractivity contribution in [2.75, 3.05) is 26.2 Å². The molecule has 38 heavy (non-hydrogen) atoms. The first kappa shape index (κ1) is 25.4. The molecule has 0 unspecified atom stereocenters. The topological polar surface area (TPSA) is 94.2 Å². The van der Waals surface area contributed by atoms with Gasteiger partial charge in [-0.3, -0.25) is 9.69 Å². The molecule has 1 aromatic heterocycles. The molecule has 0 atom stereocenters. The van der Waals surface area contributed by atoms with E-state index in [1.807, 2.05) is 0 Å². The molecular formula is C29H26F2N2O5. The van der Waals surface area contributed by atoms with Gasteiger partial charge < -0.3 is 19.5 Å². The van der Waals surface area contributed by atoms with Gasteiger partial charge in [0.05, 0.1) is 23.4 Å². The van der Waals surface area contributed by atoms with Crippen molar-refractivity contribution in [1.29, 1.82) is 0 Å². The summed E-state index contributed by atoms with van der Waals surface area (Å²) in [5.41, 5.74) is 1.64. The van der Waals surface area contributed by atoms with Crippen LogP contribution in [0, 0.1) is 18.6 Å². The summed E-state index contributed by atoms with van der Waals surface area (Å²) in [6, 6.07) is 14.5. The number of fused-ring (bicyclic) bond motifs is 1. The quantitative estimate of drug-likeness (QED) is 0.382. The van der Waals surface area contributed by atoms with E-state index in [1.165, 1.54) is 30.3 Å². The maximum Gasteiger partial charge on any atom is 0.340 e. The van der Waals surface area contributed by atoms with Gasteiger partial charge in [0.1, 0.15) is 28.7 Å². The number of piperazine rings is 1. The maximum absolute atomic E-state index is 13.6. The summed E-state index contributed by atoms with van der Waals surface area (Å²) in [5, 5.41) is 20.2. The minimum absolute atomic E-state index is 0.0439. The summed E-state index contributed by atoms with van der Waals surface area (Å²) in [7, 11) is 0. The van der Waals surface area contributed by atoms with Crippen molar-refractivity contribution in [2.24, 2.45) is 0 Å². The third-order valence-electron chi connectivity index (χ3n) is 7.07. The highest BCUT2D eigenvalue weighted by Crippen LogP contribution is 2.33. The Morgan fingerprint density at radius 2 is 1.47 bits per heavy atom. The van der Waals surface area contributed by atoms with Gasteiger partial charge in [0.15, 0.2) is 0 Å². The fourth-order valence-corrected chi connectivity index (χ4v) is 5.11. The number of carbonyl (C=O) groups is 1. The number of benzene rings is 3. The molecule has 1 saturated heterocycles. The smallest absolute Gasteiger partial charge is 0.340 e. The predicted octanol–water partition coefficient (Wildman–Crippen LogP) is 4.27. The molecule has 7 nitrogen and oxygen atoms in total. The van der Waals surface area contributed by atoms with Crippen molar-refractivity contribution in [3.63, 3.8) is 0 Å². The highest BCUT2D eigenvalue weighted by atomic mass is 19.1. The first-order valence-electron chi connectivity index (χ1n) is 12.2. The Morgan fingerprint density at radius 3 is 2.03 bits per heavy atom. The standard InChI is InChI=1S/C29H26F2N2O5/c1-17-23(29(37)38-25-15-22(34)14-24(35)27(17)25)16-26(36)32-10-12-33(13-11-32)28(18-2-6-20(30)7-3-18)19-4-8-21(31)9-5-19/h2-9,14-15,28,34-35H,10-13,16H2,1H3. The highest BCUT2D eigenvalue weighted by Gasteiger charge is 2.29. The minimum Gasteiger partial charge on any atom is -0.508 e. The van der Waals surface area contributed by atoms with E-state index in [0.717, 1.165) is 17.2 Å². The van der Waals surface area contributed by atoms with Crippen LogP contribution in [0.25, 0.3) is 11.0 Å². The SMILES string of the molecule is Cc1c(CC(=O)N2CCN(C(c3ccc(F)cc3)c3ccc(F)cc3)CC2)c(=O)oc2cc(O)cc(O)c12. The summed E-state index contributed by atoms with van der Waals surface area (Å²) >= 11 is 0. The Bertz CT molecular complexity index is 1500. The number of rotatable bonds is 5. The first-order valence-corrected chi connectivity index (χ1v) is 12.2. The van der Waals surface area contributed by atoms with E-state index in [1.54, 1.807) is 36.1 Å². The van der Waals surface area contributed by atoms with E-state index >= 15 is 0 Å². The van der Waals surface area contributed by atoms with Crippen LogP contribution in [-0.2, 0) is 11.2 Å². The number of phenols is 2. The van der Waals surface area contributed by atoms with Gasteiger partial charge >= 0.3 is 5.63 Å². The van der Waals surface area contributed by atoms with E-state index in [4.69, 9.17) is 4.42 Å². The van der Waals surface area contributed by atoms with Gasteiger partial charge in [-0.25, -0.2) is 13.6 Å². The van der Waals surface area contributed by atoms with Crippen LogP contribution in [0.15, 0.2) is 69.9 Å². The van der Waals surface area contributed by atoms with E-state index in [2.05, 4.69) is 4.90 Å². The van der Waals surface area contributed by atoms with Gasteiger partial charge in [0, 0.05) is 38.3 Å². The third-order valence-corrected chi connectivity index (χ3v) is 7.07. The van der Waals surface area contributed by atoms with Crippen molar-refractivity contribution in [3.8, 4) is 11.5 Å². The van der Waals surface area contributed by atoms with E-state index in [-0.39, 0.29) is 58.0 Å². The van der Waals surface area contributed by atoms with Crippen LogP contribution in [0.5, 0.6) is 11.5 Å². The Kier molecular flexibility index (Phi) is 6.86. The van der Waals surface area contributed by atoms with E-state index < -0.39 is 5.63 Å². The van der Waals surface area contributed by atoms with Gasteiger partial charge in [-0.05, 0) is 47.9 Å². The fraction of sp³-hybridized carbons (Fsp3) is 0.241. The average Bonchev–Trinajstić information content (AvgIpc) is 2.88. The number of amides is 1. The minimum atomic E-state index is -0.695. The summed E-state index contributed by atoms with van der Waals surface area (Å²) in [6.07, 6.45) is -0.191. The van der Waals surface area contributed by atoms with Crippen LogP contribution in [0.3, 0.4) is 0 Å². The molecule has 0 bridgehead atoms. The molecular weight excluding hydrogens is 494 g/mol. The number of carbonyl (C=O) groups excluding carboxylic acids is 1. The van der Waals surface area contributed by atoms with Crippen LogP contribution in [0.2, 0.25) is 0 Å². The van der Waals surface area contributed by atoms with Crippen molar-refractivity contribution >= 4 is 16.9 Å². The molecule has 4 aromatic rings. The normalized spacial score (nSPS) is 14.4. The van der Waals surface area contributed by atoms with Gasteiger partial charge in [-0.1, -0.05) is 24.3 Å². The molecule has 1 aliphatic heterocycles. The second-order valence-corrected chi connectivity index (χ2v) is 9.43. The van der Waals surface area contributed by atoms with Crippen LogP contribution < -0.4 is 5.63 Å². The Balaban J connectivity index is 1.34. The fourth-order valence-electron chi connectivity index (χ4n) is 5.11. The van der Waals surface area contributed by atoms with Crippen LogP contribution in [-0.4, -0.2) is 52.1 Å². The molecule has 9 heteroatoms. The number of aromatic hydroxyl groups is 2. The van der Waals surface area contributed by atoms with E-state index in [0.29, 0.717) is 31.7 Å². The zero-order valence-electron chi connectivity index (χ0n) is 20.7. The number of phenolic OH excluding ortho intramolecular Hbond substituents is 2.